The molecular weight excluding hydrogens is 378 g/mol. The molecule has 1 aromatic carbocycles. The van der Waals surface area contributed by atoms with E-state index in [2.05, 4.69) is 5.32 Å². The Kier molecular flexibility index (Phi) is 7.06. The molecule has 0 aromatic heterocycles. The normalized spacial score (nSPS) is 22.6. The summed E-state index contributed by atoms with van der Waals surface area (Å²) in [5.74, 6) is 0.0483. The molecule has 7 nitrogen and oxygen atoms in total. The standard InChI is InChI=1S/C17H27NO6S2/c1-13(2)24-14-5-7-15(8-6-14)26(21,22)17-12-25(19,20)11-16(17)18-9-4-10-23-3/h5-8,13,16-18H,4,9-12H2,1-3H3/t16-,17-/m0/s1. The van der Waals surface area contributed by atoms with Crippen LogP contribution in [-0.2, 0) is 24.4 Å². The first-order valence-electron chi connectivity index (χ1n) is 8.59. The van der Waals surface area contributed by atoms with Crippen molar-refractivity contribution >= 4 is 19.7 Å². The van der Waals surface area contributed by atoms with Gasteiger partial charge in [-0.3, -0.25) is 0 Å². The largest absolute Gasteiger partial charge is 0.491 e. The number of hydrogen-bond donors (Lipinski definition) is 1. The molecule has 1 aliphatic rings. The third-order valence-corrected chi connectivity index (χ3v) is 8.32. The van der Waals surface area contributed by atoms with Crippen molar-refractivity contribution in [2.45, 2.75) is 42.6 Å². The molecule has 0 radical (unpaired) electrons. The summed E-state index contributed by atoms with van der Waals surface area (Å²) in [4.78, 5) is 0.111. The molecule has 1 saturated heterocycles. The van der Waals surface area contributed by atoms with Gasteiger partial charge in [0.1, 0.15) is 5.75 Å². The van der Waals surface area contributed by atoms with Crippen LogP contribution in [0.25, 0.3) is 0 Å². The van der Waals surface area contributed by atoms with E-state index >= 15 is 0 Å². The van der Waals surface area contributed by atoms with E-state index in [0.29, 0.717) is 25.3 Å². The number of benzene rings is 1. The molecule has 1 heterocycles. The molecule has 0 spiro atoms. The van der Waals surface area contributed by atoms with E-state index in [4.69, 9.17) is 9.47 Å². The quantitative estimate of drug-likeness (QED) is 0.613. The maximum Gasteiger partial charge on any atom is 0.183 e. The van der Waals surface area contributed by atoms with Gasteiger partial charge in [-0.25, -0.2) is 16.8 Å². The first kappa shape index (κ1) is 21.1. The van der Waals surface area contributed by atoms with Gasteiger partial charge in [0.15, 0.2) is 19.7 Å². The molecule has 1 N–H and O–H groups in total. The number of methoxy groups -OCH3 is 1. The third-order valence-electron chi connectivity index (χ3n) is 4.15. The first-order valence-corrected chi connectivity index (χ1v) is 12.0. The second-order valence-corrected chi connectivity index (χ2v) is 11.0. The Bertz CT molecular complexity index is 787. The minimum atomic E-state index is -3.78. The van der Waals surface area contributed by atoms with Crippen molar-refractivity contribution in [2.75, 3.05) is 31.8 Å². The lowest BCUT2D eigenvalue weighted by atomic mass is 10.2. The molecule has 2 atom stereocenters. The average molecular weight is 406 g/mol. The highest BCUT2D eigenvalue weighted by molar-refractivity contribution is 7.96. The number of hydrogen-bond acceptors (Lipinski definition) is 7. The molecule has 9 heteroatoms. The summed E-state index contributed by atoms with van der Waals surface area (Å²) in [7, 11) is -5.59. The van der Waals surface area contributed by atoms with Crippen molar-refractivity contribution in [3.8, 4) is 5.75 Å². The zero-order chi connectivity index (χ0) is 19.4. The monoisotopic (exact) mass is 405 g/mol. The highest BCUT2D eigenvalue weighted by atomic mass is 32.2. The van der Waals surface area contributed by atoms with Gasteiger partial charge >= 0.3 is 0 Å². The molecule has 148 valence electrons. The van der Waals surface area contributed by atoms with Gasteiger partial charge in [0, 0.05) is 19.8 Å². The van der Waals surface area contributed by atoms with Crippen LogP contribution in [0.1, 0.15) is 20.3 Å². The van der Waals surface area contributed by atoms with Crippen LogP contribution in [-0.4, -0.2) is 66.0 Å². The zero-order valence-corrected chi connectivity index (χ0v) is 17.0. The summed E-state index contributed by atoms with van der Waals surface area (Å²) in [5, 5.41) is 2.08. The van der Waals surface area contributed by atoms with Gasteiger partial charge in [-0.15, -0.1) is 0 Å². The molecular formula is C17H27NO6S2. The molecule has 0 bridgehead atoms. The summed E-state index contributed by atoms with van der Waals surface area (Å²) < 4.78 is 60.5. The lowest BCUT2D eigenvalue weighted by Gasteiger charge is -2.20. The second-order valence-electron chi connectivity index (χ2n) is 6.71. The maximum atomic E-state index is 13.0. The average Bonchev–Trinajstić information content (AvgIpc) is 2.87. The highest BCUT2D eigenvalue weighted by Gasteiger charge is 2.45. The van der Waals surface area contributed by atoms with Gasteiger partial charge in [0.05, 0.1) is 27.8 Å². The van der Waals surface area contributed by atoms with E-state index in [1.807, 2.05) is 13.8 Å². The Balaban J connectivity index is 2.18. The van der Waals surface area contributed by atoms with Gasteiger partial charge in [-0.1, -0.05) is 0 Å². The van der Waals surface area contributed by atoms with E-state index in [1.165, 1.54) is 12.1 Å². The summed E-state index contributed by atoms with van der Waals surface area (Å²) in [6, 6.07) is 5.52. The number of nitrogens with one attached hydrogen (secondary N) is 1. The van der Waals surface area contributed by atoms with Gasteiger partial charge in [-0.2, -0.15) is 0 Å². The molecule has 1 aromatic rings. The molecule has 0 saturated carbocycles. The van der Waals surface area contributed by atoms with Crippen LogP contribution in [0.3, 0.4) is 0 Å². The number of sulfone groups is 2. The maximum absolute atomic E-state index is 13.0. The van der Waals surface area contributed by atoms with Gasteiger partial charge in [-0.05, 0) is 51.1 Å². The predicted octanol–water partition coefficient (Wildman–Crippen LogP) is 1.04. The van der Waals surface area contributed by atoms with Crippen LogP contribution in [0, 0.1) is 0 Å². The van der Waals surface area contributed by atoms with Crippen LogP contribution >= 0.6 is 0 Å². The summed E-state index contributed by atoms with van der Waals surface area (Å²) in [6.45, 7) is 4.80. The lowest BCUT2D eigenvalue weighted by Crippen LogP contribution is -2.43. The van der Waals surface area contributed by atoms with Crippen molar-refractivity contribution in [2.24, 2.45) is 0 Å². The minimum absolute atomic E-state index is 0.0156. The van der Waals surface area contributed by atoms with Gasteiger partial charge in [0.25, 0.3) is 0 Å². The molecule has 0 aliphatic carbocycles. The van der Waals surface area contributed by atoms with E-state index in [-0.39, 0.29) is 22.5 Å². The van der Waals surface area contributed by atoms with E-state index in [0.717, 1.165) is 0 Å². The fraction of sp³-hybridized carbons (Fsp3) is 0.647. The molecule has 26 heavy (non-hydrogen) atoms. The Morgan fingerprint density at radius 1 is 1.19 bits per heavy atom. The zero-order valence-electron chi connectivity index (χ0n) is 15.3. The number of ether oxygens (including phenoxy) is 2. The van der Waals surface area contributed by atoms with Crippen LogP contribution in [0.4, 0.5) is 0 Å². The fourth-order valence-corrected chi connectivity index (χ4v) is 7.69. The fourth-order valence-electron chi connectivity index (χ4n) is 2.97. The summed E-state index contributed by atoms with van der Waals surface area (Å²) in [6.07, 6.45) is 0.666. The SMILES string of the molecule is COCCCN[C@H]1CS(=O)(=O)C[C@@H]1S(=O)(=O)c1ccc(OC(C)C)cc1. The van der Waals surface area contributed by atoms with Gasteiger partial charge in [0.2, 0.25) is 0 Å². The van der Waals surface area contributed by atoms with Crippen LogP contribution in [0.2, 0.25) is 0 Å². The van der Waals surface area contributed by atoms with Crippen LogP contribution in [0.15, 0.2) is 29.2 Å². The Labute approximate surface area is 155 Å². The molecule has 1 aliphatic heterocycles. The molecule has 2 rings (SSSR count). The Morgan fingerprint density at radius 2 is 1.85 bits per heavy atom. The van der Waals surface area contributed by atoms with Crippen LogP contribution in [0.5, 0.6) is 5.75 Å². The first-order chi connectivity index (χ1) is 12.2. The van der Waals surface area contributed by atoms with Crippen molar-refractivity contribution in [1.29, 1.82) is 0 Å². The van der Waals surface area contributed by atoms with Crippen molar-refractivity contribution in [1.82, 2.24) is 5.32 Å². The lowest BCUT2D eigenvalue weighted by molar-refractivity contribution is 0.193. The van der Waals surface area contributed by atoms with Crippen molar-refractivity contribution < 1.29 is 26.3 Å². The van der Waals surface area contributed by atoms with E-state index in [1.54, 1.807) is 19.2 Å². The Morgan fingerprint density at radius 3 is 2.42 bits per heavy atom. The third kappa shape index (κ3) is 5.42. The number of rotatable bonds is 9. The molecule has 0 unspecified atom stereocenters. The van der Waals surface area contributed by atoms with Crippen molar-refractivity contribution in [3.05, 3.63) is 24.3 Å². The predicted molar refractivity (Wildman–Crippen MR) is 100 cm³/mol. The molecule has 0 amide bonds. The Hall–Kier alpha value is -1.16. The summed E-state index contributed by atoms with van der Waals surface area (Å²) in [5.41, 5.74) is 0. The second kappa shape index (κ2) is 8.69. The van der Waals surface area contributed by atoms with Crippen LogP contribution < -0.4 is 10.1 Å². The summed E-state index contributed by atoms with van der Waals surface area (Å²) >= 11 is 0. The van der Waals surface area contributed by atoms with Crippen molar-refractivity contribution in [3.63, 3.8) is 0 Å². The smallest absolute Gasteiger partial charge is 0.183 e. The topological polar surface area (TPSA) is 98.8 Å². The van der Waals surface area contributed by atoms with E-state index in [9.17, 15) is 16.8 Å². The van der Waals surface area contributed by atoms with Gasteiger partial charge < -0.3 is 14.8 Å². The van der Waals surface area contributed by atoms with E-state index < -0.39 is 31.0 Å². The minimum Gasteiger partial charge on any atom is -0.491 e. The molecule has 1 fully saturated rings. The highest BCUT2D eigenvalue weighted by Crippen LogP contribution is 2.27.